The first-order valence-electron chi connectivity index (χ1n) is 6.48. The lowest BCUT2D eigenvalue weighted by Gasteiger charge is -2.21. The first-order valence-corrected chi connectivity index (χ1v) is 8.18. The summed E-state index contributed by atoms with van der Waals surface area (Å²) in [5.74, 6) is 0. The van der Waals surface area contributed by atoms with Crippen LogP contribution in [0.5, 0.6) is 0 Å². The molecule has 3 aromatic rings. The highest BCUT2D eigenvalue weighted by Gasteiger charge is 2.49. The molecule has 0 aliphatic rings. The van der Waals surface area contributed by atoms with Gasteiger partial charge in [0.25, 0.3) is 13.0 Å². The van der Waals surface area contributed by atoms with Crippen molar-refractivity contribution in [3.05, 3.63) is 79.1 Å². The van der Waals surface area contributed by atoms with Gasteiger partial charge in [0.1, 0.15) is 10.6 Å². The normalized spacial score (nSPS) is 11.4. The minimum atomic E-state index is -2.15. The molecule has 2 nitrogen and oxygen atoms in total. The number of benzene rings is 2. The first kappa shape index (κ1) is 13.1. The van der Waals surface area contributed by atoms with Crippen LogP contribution in [0.15, 0.2) is 83.5 Å². The molecule has 0 aliphatic carbocycles. The van der Waals surface area contributed by atoms with Crippen molar-refractivity contribution >= 4 is 23.6 Å². The molecule has 20 heavy (non-hydrogen) atoms. The minimum Gasteiger partial charge on any atom is -0.432 e. The molecule has 0 N–H and O–H groups in total. The third-order valence-electron chi connectivity index (χ3n) is 3.33. The monoisotopic (exact) mass is 283 g/mol. The number of hydrogen-bond donors (Lipinski definition) is 0. The molecule has 100 valence electrons. The summed E-state index contributed by atoms with van der Waals surface area (Å²) < 4.78 is 11.8. The molecular formula is C17H16O2P+. The van der Waals surface area contributed by atoms with Crippen LogP contribution in [0.1, 0.15) is 0 Å². The smallest absolute Gasteiger partial charge is 0.286 e. The topological polar surface area (TPSA) is 22.4 Å². The molecule has 0 aliphatic heterocycles. The molecule has 1 heterocycles. The Bertz CT molecular complexity index is 608. The molecule has 0 amide bonds. The summed E-state index contributed by atoms with van der Waals surface area (Å²) in [6.45, 7) is 0. The number of hydrogen-bond acceptors (Lipinski definition) is 2. The molecular weight excluding hydrogens is 267 g/mol. The van der Waals surface area contributed by atoms with Gasteiger partial charge in [0, 0.05) is 6.07 Å². The van der Waals surface area contributed by atoms with E-state index in [1.807, 2.05) is 48.5 Å². The quantitative estimate of drug-likeness (QED) is 0.686. The Morgan fingerprint density at radius 2 is 1.30 bits per heavy atom. The van der Waals surface area contributed by atoms with Gasteiger partial charge >= 0.3 is 0 Å². The van der Waals surface area contributed by atoms with Gasteiger partial charge in [-0.05, 0) is 30.3 Å². The second kappa shape index (κ2) is 5.62. The molecule has 3 rings (SSSR count). The zero-order valence-corrected chi connectivity index (χ0v) is 12.2. The molecule has 0 unspecified atom stereocenters. The SMILES string of the molecule is CO[P+](c1ccccc1)(c1ccccc1)c1ccco1. The van der Waals surface area contributed by atoms with Crippen LogP contribution >= 0.6 is 7.49 Å². The lowest BCUT2D eigenvalue weighted by atomic mass is 10.4. The molecule has 0 spiro atoms. The predicted molar refractivity (Wildman–Crippen MR) is 84.4 cm³/mol. The van der Waals surface area contributed by atoms with Gasteiger partial charge in [-0.15, -0.1) is 0 Å². The van der Waals surface area contributed by atoms with Gasteiger partial charge in [0.2, 0.25) is 0 Å². The van der Waals surface area contributed by atoms with E-state index in [0.29, 0.717) is 0 Å². The highest BCUT2D eigenvalue weighted by atomic mass is 31.2. The van der Waals surface area contributed by atoms with Crippen molar-refractivity contribution in [1.29, 1.82) is 0 Å². The van der Waals surface area contributed by atoms with Crippen LogP contribution in [0.3, 0.4) is 0 Å². The molecule has 1 aromatic heterocycles. The second-order valence-corrected chi connectivity index (χ2v) is 7.47. The third kappa shape index (κ3) is 2.07. The van der Waals surface area contributed by atoms with E-state index >= 15 is 0 Å². The summed E-state index contributed by atoms with van der Waals surface area (Å²) in [7, 11) is -0.393. The lowest BCUT2D eigenvalue weighted by molar-refractivity contribution is 0.457. The van der Waals surface area contributed by atoms with E-state index in [0.717, 1.165) is 16.1 Å². The summed E-state index contributed by atoms with van der Waals surface area (Å²) in [6, 6.07) is 24.5. The van der Waals surface area contributed by atoms with Gasteiger partial charge in [-0.25, -0.2) is 4.52 Å². The fourth-order valence-electron chi connectivity index (χ4n) is 2.43. The Morgan fingerprint density at radius 3 is 1.70 bits per heavy atom. The van der Waals surface area contributed by atoms with E-state index in [-0.39, 0.29) is 0 Å². The molecule has 0 bridgehead atoms. The zero-order valence-electron chi connectivity index (χ0n) is 11.3. The van der Waals surface area contributed by atoms with Crippen LogP contribution in [0.25, 0.3) is 0 Å². The zero-order chi connectivity index (χ0) is 13.8. The van der Waals surface area contributed by atoms with Gasteiger partial charge in [-0.2, -0.15) is 0 Å². The standard InChI is InChI=1S/C17H16O2P/c1-18-20(17-13-8-14-19-17,15-9-4-2-5-10-15)16-11-6-3-7-12-16/h2-14H,1H3/q+1. The Morgan fingerprint density at radius 1 is 0.750 bits per heavy atom. The molecule has 0 fully saturated rings. The third-order valence-corrected chi connectivity index (χ3v) is 6.80. The van der Waals surface area contributed by atoms with Gasteiger partial charge in [-0.1, -0.05) is 36.4 Å². The fraction of sp³-hybridized carbons (Fsp3) is 0.0588. The second-order valence-electron chi connectivity index (χ2n) is 4.41. The molecule has 0 radical (unpaired) electrons. The van der Waals surface area contributed by atoms with Crippen LogP contribution in [-0.4, -0.2) is 7.11 Å². The molecule has 0 atom stereocenters. The highest BCUT2D eigenvalue weighted by molar-refractivity contribution is 7.91. The van der Waals surface area contributed by atoms with Crippen molar-refractivity contribution in [2.75, 3.05) is 7.11 Å². The van der Waals surface area contributed by atoms with E-state index in [1.54, 1.807) is 13.4 Å². The van der Waals surface area contributed by atoms with Crippen LogP contribution in [-0.2, 0) is 4.52 Å². The van der Waals surface area contributed by atoms with Crippen molar-refractivity contribution < 1.29 is 8.94 Å². The fourth-order valence-corrected chi connectivity index (χ4v) is 5.53. The van der Waals surface area contributed by atoms with Gasteiger partial charge in [0.05, 0.1) is 13.4 Å². The predicted octanol–water partition coefficient (Wildman–Crippen LogP) is 3.13. The number of rotatable bonds is 4. The van der Waals surface area contributed by atoms with Gasteiger partial charge < -0.3 is 4.42 Å². The van der Waals surface area contributed by atoms with Crippen molar-refractivity contribution in [3.8, 4) is 0 Å². The average Bonchev–Trinajstić information content (AvgIpc) is 3.06. The van der Waals surface area contributed by atoms with Crippen molar-refractivity contribution in [2.24, 2.45) is 0 Å². The van der Waals surface area contributed by atoms with Crippen molar-refractivity contribution in [1.82, 2.24) is 0 Å². The largest absolute Gasteiger partial charge is 0.432 e. The van der Waals surface area contributed by atoms with Gasteiger partial charge in [-0.3, -0.25) is 0 Å². The number of furan rings is 1. The van der Waals surface area contributed by atoms with Gasteiger partial charge in [0.15, 0.2) is 0 Å². The van der Waals surface area contributed by atoms with Crippen LogP contribution in [0, 0.1) is 0 Å². The summed E-state index contributed by atoms with van der Waals surface area (Å²) in [4.78, 5) is 0. The maximum atomic E-state index is 6.07. The van der Waals surface area contributed by atoms with E-state index < -0.39 is 7.49 Å². The summed E-state index contributed by atoms with van der Waals surface area (Å²) in [6.07, 6.45) is 1.70. The van der Waals surface area contributed by atoms with Crippen LogP contribution in [0.2, 0.25) is 0 Å². The van der Waals surface area contributed by atoms with Crippen LogP contribution in [0.4, 0.5) is 0 Å². The average molecular weight is 283 g/mol. The summed E-state index contributed by atoms with van der Waals surface area (Å²) >= 11 is 0. The van der Waals surface area contributed by atoms with E-state index in [2.05, 4.69) is 24.3 Å². The molecule has 2 aromatic carbocycles. The Kier molecular flexibility index (Phi) is 3.68. The van der Waals surface area contributed by atoms with E-state index in [1.165, 1.54) is 0 Å². The summed E-state index contributed by atoms with van der Waals surface area (Å²) in [5.41, 5.74) is 0.886. The van der Waals surface area contributed by atoms with E-state index in [4.69, 9.17) is 8.94 Å². The Balaban J connectivity index is 2.27. The minimum absolute atomic E-state index is 0.886. The lowest BCUT2D eigenvalue weighted by Crippen LogP contribution is -2.31. The van der Waals surface area contributed by atoms with Crippen LogP contribution < -0.4 is 16.1 Å². The maximum Gasteiger partial charge on any atom is 0.286 e. The highest BCUT2D eigenvalue weighted by Crippen LogP contribution is 2.55. The maximum absolute atomic E-state index is 6.07. The van der Waals surface area contributed by atoms with Crippen molar-refractivity contribution in [2.45, 2.75) is 0 Å². The Labute approximate surface area is 119 Å². The molecule has 3 heteroatoms. The Hall–Kier alpha value is -1.89. The molecule has 0 saturated heterocycles. The van der Waals surface area contributed by atoms with Crippen molar-refractivity contribution in [3.63, 3.8) is 0 Å². The summed E-state index contributed by atoms with van der Waals surface area (Å²) in [5, 5.41) is 2.31. The first-order chi connectivity index (χ1) is 9.88. The van der Waals surface area contributed by atoms with E-state index in [9.17, 15) is 0 Å². The molecule has 0 saturated carbocycles.